The third-order valence-electron chi connectivity index (χ3n) is 5.63. The molecular formula is C23H28FN3Si. The molecule has 0 aliphatic heterocycles. The van der Waals surface area contributed by atoms with Gasteiger partial charge in [-0.25, -0.2) is 14.2 Å². The van der Waals surface area contributed by atoms with E-state index in [1.54, 1.807) is 18.3 Å². The molecule has 0 amide bonds. The Morgan fingerprint density at radius 1 is 1.07 bits per heavy atom. The molecule has 1 aromatic carbocycles. The molecule has 28 heavy (non-hydrogen) atoms. The van der Waals surface area contributed by atoms with Gasteiger partial charge < -0.3 is 5.73 Å². The zero-order chi connectivity index (χ0) is 21.1. The highest BCUT2D eigenvalue weighted by Crippen LogP contribution is 2.41. The highest BCUT2D eigenvalue weighted by atomic mass is 28.3. The number of nitrogens with two attached hydrogens (primary N) is 1. The van der Waals surface area contributed by atoms with Crippen LogP contribution in [-0.2, 0) is 0 Å². The Morgan fingerprint density at radius 2 is 1.68 bits per heavy atom. The summed E-state index contributed by atoms with van der Waals surface area (Å²) < 4.78 is 13.8. The van der Waals surface area contributed by atoms with E-state index in [4.69, 9.17) is 12.3 Å². The van der Waals surface area contributed by atoms with Crippen LogP contribution in [-0.4, -0.2) is 13.1 Å². The van der Waals surface area contributed by atoms with Crippen LogP contribution in [0.4, 0.5) is 15.9 Å². The van der Waals surface area contributed by atoms with E-state index in [2.05, 4.69) is 62.8 Å². The summed E-state index contributed by atoms with van der Waals surface area (Å²) in [5.74, 6) is 3.20. The van der Waals surface area contributed by atoms with Gasteiger partial charge in [0, 0.05) is 11.8 Å². The van der Waals surface area contributed by atoms with Gasteiger partial charge in [0.1, 0.15) is 19.7 Å². The molecule has 2 rings (SSSR count). The summed E-state index contributed by atoms with van der Waals surface area (Å²) in [6.45, 7) is 20.7. The third kappa shape index (κ3) is 3.95. The predicted molar refractivity (Wildman–Crippen MR) is 118 cm³/mol. The van der Waals surface area contributed by atoms with E-state index >= 15 is 0 Å². The van der Waals surface area contributed by atoms with Crippen LogP contribution in [0.5, 0.6) is 0 Å². The first kappa shape index (κ1) is 21.7. The first-order valence-corrected chi connectivity index (χ1v) is 11.8. The molecular weight excluding hydrogens is 365 g/mol. The molecule has 0 aliphatic carbocycles. The Labute approximate surface area is 169 Å². The standard InChI is InChI=1S/C23H28FN3Si/c1-15(2)28(16(3)4,17(5)6)13-11-20-19(10-12-27-23(20)25)18-8-9-21(24)22(14-18)26-7/h8-10,12,14-17H,1-6H3,(H2,25,27). The molecule has 0 fully saturated rings. The summed E-state index contributed by atoms with van der Waals surface area (Å²) in [6.07, 6.45) is 1.62. The van der Waals surface area contributed by atoms with Gasteiger partial charge in [0.25, 0.3) is 0 Å². The Morgan fingerprint density at radius 3 is 2.21 bits per heavy atom. The van der Waals surface area contributed by atoms with E-state index < -0.39 is 13.9 Å². The van der Waals surface area contributed by atoms with Crippen LogP contribution < -0.4 is 5.73 Å². The summed E-state index contributed by atoms with van der Waals surface area (Å²) in [4.78, 5) is 7.48. The number of pyridine rings is 1. The molecule has 2 aromatic rings. The molecule has 0 atom stereocenters. The maximum absolute atomic E-state index is 13.8. The Hall–Kier alpha value is -2.63. The Bertz CT molecular complexity index is 940. The van der Waals surface area contributed by atoms with Crippen LogP contribution in [0, 0.1) is 23.9 Å². The van der Waals surface area contributed by atoms with Gasteiger partial charge in [0.05, 0.1) is 12.1 Å². The first-order chi connectivity index (χ1) is 13.1. The van der Waals surface area contributed by atoms with Gasteiger partial charge >= 0.3 is 0 Å². The summed E-state index contributed by atoms with van der Waals surface area (Å²) in [5.41, 5.74) is 13.5. The molecule has 3 nitrogen and oxygen atoms in total. The second-order valence-corrected chi connectivity index (χ2v) is 13.6. The second-order valence-electron chi connectivity index (χ2n) is 8.04. The minimum atomic E-state index is -1.94. The number of hydrogen-bond acceptors (Lipinski definition) is 2. The fourth-order valence-corrected chi connectivity index (χ4v) is 9.43. The molecule has 0 unspecified atom stereocenters. The number of benzene rings is 1. The molecule has 0 aliphatic rings. The molecule has 0 spiro atoms. The predicted octanol–water partition coefficient (Wildman–Crippen LogP) is 6.59. The molecule has 0 saturated heterocycles. The summed E-state index contributed by atoms with van der Waals surface area (Å²) >= 11 is 0. The van der Waals surface area contributed by atoms with Crippen LogP contribution in [0.2, 0.25) is 16.6 Å². The molecule has 0 radical (unpaired) electrons. The zero-order valence-electron chi connectivity index (χ0n) is 17.5. The lowest BCUT2D eigenvalue weighted by Gasteiger charge is -2.38. The molecule has 0 saturated carbocycles. The maximum atomic E-state index is 13.8. The molecule has 146 valence electrons. The molecule has 2 N–H and O–H groups in total. The first-order valence-electron chi connectivity index (χ1n) is 9.60. The van der Waals surface area contributed by atoms with Crippen molar-refractivity contribution in [3.63, 3.8) is 0 Å². The lowest BCUT2D eigenvalue weighted by atomic mass is 10.0. The van der Waals surface area contributed by atoms with E-state index in [1.165, 1.54) is 6.07 Å². The number of aromatic nitrogens is 1. The van der Waals surface area contributed by atoms with Gasteiger partial charge in [-0.1, -0.05) is 53.5 Å². The van der Waals surface area contributed by atoms with Gasteiger partial charge in [-0.15, -0.1) is 5.54 Å². The van der Waals surface area contributed by atoms with E-state index in [1.807, 2.05) is 6.07 Å². The van der Waals surface area contributed by atoms with Crippen molar-refractivity contribution in [2.75, 3.05) is 5.73 Å². The van der Waals surface area contributed by atoms with Crippen molar-refractivity contribution in [2.24, 2.45) is 0 Å². The highest BCUT2D eigenvalue weighted by Gasteiger charge is 2.41. The van der Waals surface area contributed by atoms with Gasteiger partial charge in [0.2, 0.25) is 5.69 Å². The molecule has 1 heterocycles. The molecule has 1 aromatic heterocycles. The number of hydrogen-bond donors (Lipinski definition) is 1. The van der Waals surface area contributed by atoms with Crippen molar-refractivity contribution in [2.45, 2.75) is 58.2 Å². The van der Waals surface area contributed by atoms with Crippen LogP contribution >= 0.6 is 0 Å². The van der Waals surface area contributed by atoms with E-state index in [0.29, 0.717) is 28.0 Å². The van der Waals surface area contributed by atoms with Gasteiger partial charge in [-0.2, -0.15) is 0 Å². The summed E-state index contributed by atoms with van der Waals surface area (Å²) in [5, 5.41) is 0. The number of rotatable bonds is 4. The van der Waals surface area contributed by atoms with Crippen molar-refractivity contribution in [3.05, 3.63) is 53.3 Å². The quantitative estimate of drug-likeness (QED) is 0.362. The van der Waals surface area contributed by atoms with Crippen molar-refractivity contribution in [1.29, 1.82) is 0 Å². The number of nitrogen functional groups attached to an aromatic ring is 1. The van der Waals surface area contributed by atoms with Crippen LogP contribution in [0.25, 0.3) is 16.0 Å². The molecule has 0 bridgehead atoms. The van der Waals surface area contributed by atoms with E-state index in [9.17, 15) is 4.39 Å². The number of halogens is 1. The second kappa shape index (κ2) is 8.58. The van der Waals surface area contributed by atoms with Gasteiger partial charge in [-0.3, -0.25) is 0 Å². The monoisotopic (exact) mass is 393 g/mol. The summed E-state index contributed by atoms with van der Waals surface area (Å²) in [7, 11) is -1.94. The van der Waals surface area contributed by atoms with Gasteiger partial charge in [0.15, 0.2) is 0 Å². The minimum Gasteiger partial charge on any atom is -0.383 e. The SMILES string of the molecule is [C-]#[N+]c1cc(-c2ccnc(N)c2C#C[Si](C(C)C)(C(C)C)C(C)C)ccc1F. The fraction of sp³-hybridized carbons (Fsp3) is 0.391. The third-order valence-corrected chi connectivity index (χ3v) is 11.9. The minimum absolute atomic E-state index is 0.0120. The average Bonchev–Trinajstić information content (AvgIpc) is 2.62. The van der Waals surface area contributed by atoms with Crippen molar-refractivity contribution in [3.8, 4) is 22.6 Å². The fourth-order valence-electron chi connectivity index (χ4n) is 4.22. The van der Waals surface area contributed by atoms with Crippen molar-refractivity contribution in [1.82, 2.24) is 4.98 Å². The average molecular weight is 394 g/mol. The lowest BCUT2D eigenvalue weighted by molar-refractivity contribution is 0.634. The van der Waals surface area contributed by atoms with E-state index in [0.717, 1.165) is 11.1 Å². The normalized spacial score (nSPS) is 11.5. The smallest absolute Gasteiger partial charge is 0.222 e. The van der Waals surface area contributed by atoms with Gasteiger partial charge in [-0.05, 0) is 40.4 Å². The Kier molecular flexibility index (Phi) is 6.64. The van der Waals surface area contributed by atoms with Crippen LogP contribution in [0.3, 0.4) is 0 Å². The Balaban J connectivity index is 2.70. The lowest BCUT2D eigenvalue weighted by Crippen LogP contribution is -2.43. The van der Waals surface area contributed by atoms with E-state index in [-0.39, 0.29) is 5.69 Å². The van der Waals surface area contributed by atoms with Crippen LogP contribution in [0.1, 0.15) is 47.1 Å². The number of nitrogens with zero attached hydrogens (tertiary/aromatic N) is 2. The van der Waals surface area contributed by atoms with Crippen LogP contribution in [0.15, 0.2) is 30.5 Å². The topological polar surface area (TPSA) is 43.3 Å². The molecule has 5 heteroatoms. The zero-order valence-corrected chi connectivity index (χ0v) is 18.5. The van der Waals surface area contributed by atoms with Crippen molar-refractivity contribution < 1.29 is 4.39 Å². The largest absolute Gasteiger partial charge is 0.383 e. The number of anilines is 1. The maximum Gasteiger partial charge on any atom is 0.222 e. The summed E-state index contributed by atoms with van der Waals surface area (Å²) in [6, 6.07) is 6.33. The van der Waals surface area contributed by atoms with Crippen molar-refractivity contribution >= 4 is 19.6 Å². The highest BCUT2D eigenvalue weighted by molar-refractivity contribution is 6.90.